The maximum Gasteiger partial charge on any atom is 0.122 e. The van der Waals surface area contributed by atoms with Crippen LogP contribution in [0.15, 0.2) is 24.3 Å². The third kappa shape index (κ3) is 2.06. The van der Waals surface area contributed by atoms with Gasteiger partial charge in [0.15, 0.2) is 0 Å². The molecule has 0 aliphatic carbocycles. The number of hydrogen-bond acceptors (Lipinski definition) is 3. The summed E-state index contributed by atoms with van der Waals surface area (Å²) < 4.78 is 11.7. The molecule has 3 heteroatoms. The molecule has 0 amide bonds. The summed E-state index contributed by atoms with van der Waals surface area (Å²) in [5.41, 5.74) is 1.27. The Morgan fingerprint density at radius 1 is 1.25 bits per heavy atom. The minimum absolute atomic E-state index is 0.222. The zero-order valence-corrected chi connectivity index (χ0v) is 9.32. The molecule has 2 aliphatic heterocycles. The third-order valence-corrected chi connectivity index (χ3v) is 3.24. The first-order chi connectivity index (χ1) is 7.92. The zero-order valence-electron chi connectivity index (χ0n) is 9.32. The molecule has 0 radical (unpaired) electrons. The van der Waals surface area contributed by atoms with E-state index in [2.05, 4.69) is 17.4 Å². The minimum atomic E-state index is 0.222. The predicted octanol–water partition coefficient (Wildman–Crippen LogP) is 1.37. The van der Waals surface area contributed by atoms with Gasteiger partial charge in [-0.2, -0.15) is 0 Å². The van der Waals surface area contributed by atoms with Crippen molar-refractivity contribution < 1.29 is 9.47 Å². The monoisotopic (exact) mass is 219 g/mol. The van der Waals surface area contributed by atoms with Crippen LogP contribution < -0.4 is 10.1 Å². The fourth-order valence-electron chi connectivity index (χ4n) is 2.40. The third-order valence-electron chi connectivity index (χ3n) is 3.24. The van der Waals surface area contributed by atoms with Crippen molar-refractivity contribution in [2.24, 2.45) is 0 Å². The first kappa shape index (κ1) is 10.1. The lowest BCUT2D eigenvalue weighted by Crippen LogP contribution is -2.33. The lowest BCUT2D eigenvalue weighted by molar-refractivity contribution is -0.0310. The summed E-state index contributed by atoms with van der Waals surface area (Å²) in [5, 5.41) is 3.32. The van der Waals surface area contributed by atoms with Gasteiger partial charge in [0.2, 0.25) is 0 Å². The molecule has 2 aliphatic rings. The van der Waals surface area contributed by atoms with Gasteiger partial charge in [-0.1, -0.05) is 18.2 Å². The SMILES string of the molecule is c1ccc2c(c1)CC(OC1CCNC1)CO2. The van der Waals surface area contributed by atoms with Crippen LogP contribution in [-0.2, 0) is 11.2 Å². The zero-order chi connectivity index (χ0) is 10.8. The van der Waals surface area contributed by atoms with Crippen LogP contribution in [0.1, 0.15) is 12.0 Å². The van der Waals surface area contributed by atoms with E-state index in [1.54, 1.807) is 0 Å². The molecule has 16 heavy (non-hydrogen) atoms. The molecule has 1 aromatic carbocycles. The predicted molar refractivity (Wildman–Crippen MR) is 61.8 cm³/mol. The quantitative estimate of drug-likeness (QED) is 0.815. The van der Waals surface area contributed by atoms with E-state index >= 15 is 0 Å². The van der Waals surface area contributed by atoms with Crippen LogP contribution in [0.3, 0.4) is 0 Å². The molecule has 0 bridgehead atoms. The van der Waals surface area contributed by atoms with Gasteiger partial charge in [-0.15, -0.1) is 0 Å². The van der Waals surface area contributed by atoms with Crippen LogP contribution in [0.5, 0.6) is 5.75 Å². The van der Waals surface area contributed by atoms with Crippen LogP contribution in [0.2, 0.25) is 0 Å². The molecule has 3 rings (SSSR count). The average molecular weight is 219 g/mol. The Balaban J connectivity index is 1.63. The van der Waals surface area contributed by atoms with E-state index in [4.69, 9.17) is 9.47 Å². The van der Waals surface area contributed by atoms with Gasteiger partial charge in [0, 0.05) is 13.0 Å². The first-order valence-electron chi connectivity index (χ1n) is 5.99. The Morgan fingerprint density at radius 2 is 2.19 bits per heavy atom. The fourth-order valence-corrected chi connectivity index (χ4v) is 2.40. The van der Waals surface area contributed by atoms with E-state index in [1.165, 1.54) is 5.56 Å². The van der Waals surface area contributed by atoms with Gasteiger partial charge in [-0.3, -0.25) is 0 Å². The number of rotatable bonds is 2. The summed E-state index contributed by atoms with van der Waals surface area (Å²) in [6, 6.07) is 8.23. The molecule has 1 fully saturated rings. The van der Waals surface area contributed by atoms with E-state index in [9.17, 15) is 0 Å². The van der Waals surface area contributed by atoms with Crippen LogP contribution >= 0.6 is 0 Å². The van der Waals surface area contributed by atoms with Crippen molar-refractivity contribution >= 4 is 0 Å². The minimum Gasteiger partial charge on any atom is -0.491 e. The summed E-state index contributed by atoms with van der Waals surface area (Å²) in [5.74, 6) is 1.02. The van der Waals surface area contributed by atoms with Gasteiger partial charge in [0.05, 0.1) is 12.2 Å². The summed E-state index contributed by atoms with van der Waals surface area (Å²) in [4.78, 5) is 0. The van der Waals surface area contributed by atoms with Gasteiger partial charge in [-0.25, -0.2) is 0 Å². The molecular formula is C13H17NO2. The maximum atomic E-state index is 6.02. The average Bonchev–Trinajstić information content (AvgIpc) is 2.82. The highest BCUT2D eigenvalue weighted by atomic mass is 16.5. The molecule has 1 N–H and O–H groups in total. The van der Waals surface area contributed by atoms with Crippen molar-refractivity contribution in [3.05, 3.63) is 29.8 Å². The lowest BCUT2D eigenvalue weighted by Gasteiger charge is -2.27. The lowest BCUT2D eigenvalue weighted by atomic mass is 10.0. The van der Waals surface area contributed by atoms with Crippen molar-refractivity contribution in [2.75, 3.05) is 19.7 Å². The standard InChI is InChI=1S/C13H17NO2/c1-2-4-13-10(3-1)7-12(9-15-13)16-11-5-6-14-8-11/h1-4,11-12,14H,5-9H2. The Kier molecular flexibility index (Phi) is 2.80. The molecular weight excluding hydrogens is 202 g/mol. The van der Waals surface area contributed by atoms with E-state index in [1.807, 2.05) is 12.1 Å². The summed E-state index contributed by atoms with van der Waals surface area (Å²) >= 11 is 0. The molecule has 0 saturated carbocycles. The van der Waals surface area contributed by atoms with E-state index in [-0.39, 0.29) is 6.10 Å². The van der Waals surface area contributed by atoms with Crippen LogP contribution in [0, 0.1) is 0 Å². The summed E-state index contributed by atoms with van der Waals surface area (Å²) in [7, 11) is 0. The van der Waals surface area contributed by atoms with E-state index < -0.39 is 0 Å². The number of para-hydroxylation sites is 1. The molecule has 2 unspecified atom stereocenters. The number of fused-ring (bicyclic) bond motifs is 1. The highest BCUT2D eigenvalue weighted by Crippen LogP contribution is 2.26. The Bertz CT molecular complexity index is 361. The topological polar surface area (TPSA) is 30.5 Å². The summed E-state index contributed by atoms with van der Waals surface area (Å²) in [6.07, 6.45) is 2.70. The van der Waals surface area contributed by atoms with Crippen molar-refractivity contribution in [3.8, 4) is 5.75 Å². The summed E-state index contributed by atoms with van der Waals surface area (Å²) in [6.45, 7) is 2.75. The van der Waals surface area contributed by atoms with Crippen LogP contribution in [-0.4, -0.2) is 31.9 Å². The highest BCUT2D eigenvalue weighted by molar-refractivity contribution is 5.35. The van der Waals surface area contributed by atoms with Crippen molar-refractivity contribution in [2.45, 2.75) is 25.0 Å². The van der Waals surface area contributed by atoms with Gasteiger partial charge in [0.1, 0.15) is 12.4 Å². The Morgan fingerprint density at radius 3 is 3.06 bits per heavy atom. The number of nitrogens with one attached hydrogen (secondary N) is 1. The van der Waals surface area contributed by atoms with E-state index in [0.29, 0.717) is 12.7 Å². The van der Waals surface area contributed by atoms with Crippen LogP contribution in [0.4, 0.5) is 0 Å². The molecule has 86 valence electrons. The largest absolute Gasteiger partial charge is 0.491 e. The maximum absolute atomic E-state index is 6.02. The van der Waals surface area contributed by atoms with Crippen molar-refractivity contribution in [1.29, 1.82) is 0 Å². The fraction of sp³-hybridized carbons (Fsp3) is 0.538. The molecule has 3 nitrogen and oxygen atoms in total. The van der Waals surface area contributed by atoms with Gasteiger partial charge >= 0.3 is 0 Å². The number of benzene rings is 1. The van der Waals surface area contributed by atoms with Gasteiger partial charge < -0.3 is 14.8 Å². The number of ether oxygens (including phenoxy) is 2. The van der Waals surface area contributed by atoms with Gasteiger partial charge in [0.25, 0.3) is 0 Å². The van der Waals surface area contributed by atoms with E-state index in [0.717, 1.165) is 31.7 Å². The Labute approximate surface area is 95.8 Å². The van der Waals surface area contributed by atoms with Crippen molar-refractivity contribution in [3.63, 3.8) is 0 Å². The molecule has 2 atom stereocenters. The van der Waals surface area contributed by atoms with Crippen molar-refractivity contribution in [1.82, 2.24) is 5.32 Å². The Hall–Kier alpha value is -1.06. The molecule has 1 saturated heterocycles. The second kappa shape index (κ2) is 4.44. The molecule has 0 aromatic heterocycles. The van der Waals surface area contributed by atoms with Crippen LogP contribution in [0.25, 0.3) is 0 Å². The molecule has 0 spiro atoms. The normalized spacial score (nSPS) is 28.5. The second-order valence-corrected chi connectivity index (χ2v) is 4.50. The second-order valence-electron chi connectivity index (χ2n) is 4.50. The smallest absolute Gasteiger partial charge is 0.122 e. The first-order valence-corrected chi connectivity index (χ1v) is 5.99. The molecule has 2 heterocycles. The highest BCUT2D eigenvalue weighted by Gasteiger charge is 2.24. The van der Waals surface area contributed by atoms with Gasteiger partial charge in [-0.05, 0) is 24.6 Å². The molecule has 1 aromatic rings. The number of hydrogen-bond donors (Lipinski definition) is 1.